The zero-order valence-corrected chi connectivity index (χ0v) is 10.7. The maximum absolute atomic E-state index is 4.38. The van der Waals surface area contributed by atoms with Gasteiger partial charge in [0.1, 0.15) is 5.82 Å². The normalized spacial score (nSPS) is 43.2. The highest BCUT2D eigenvalue weighted by atomic mass is 15.1. The van der Waals surface area contributed by atoms with Crippen molar-refractivity contribution >= 4 is 0 Å². The Kier molecular flexibility index (Phi) is 2.01. The van der Waals surface area contributed by atoms with Gasteiger partial charge in [-0.2, -0.15) is 0 Å². The van der Waals surface area contributed by atoms with Gasteiger partial charge in [0.25, 0.3) is 0 Å². The van der Waals surface area contributed by atoms with E-state index in [0.717, 1.165) is 17.8 Å². The van der Waals surface area contributed by atoms with Gasteiger partial charge in [0.15, 0.2) is 0 Å². The van der Waals surface area contributed by atoms with Crippen molar-refractivity contribution in [3.05, 3.63) is 18.2 Å². The van der Waals surface area contributed by atoms with Crippen molar-refractivity contribution in [1.82, 2.24) is 9.55 Å². The summed E-state index contributed by atoms with van der Waals surface area (Å²) in [6, 6.07) is 0. The maximum atomic E-state index is 4.38. The van der Waals surface area contributed by atoms with Gasteiger partial charge in [-0.15, -0.1) is 0 Å². The summed E-state index contributed by atoms with van der Waals surface area (Å²) in [6.07, 6.45) is 13.3. The van der Waals surface area contributed by atoms with E-state index < -0.39 is 0 Å². The van der Waals surface area contributed by atoms with Crippen LogP contribution in [0.15, 0.2) is 12.4 Å². The number of nitrogens with zero attached hydrogens (tertiary/aromatic N) is 2. The lowest BCUT2D eigenvalue weighted by Gasteiger charge is -2.57. The van der Waals surface area contributed by atoms with Crippen LogP contribution in [0.1, 0.15) is 44.3 Å². The largest absolute Gasteiger partial charge is 0.335 e. The molecule has 4 fully saturated rings. The molecule has 0 radical (unpaired) electrons. The second-order valence-electron chi connectivity index (χ2n) is 7.02. The van der Waals surface area contributed by atoms with Gasteiger partial charge in [0.2, 0.25) is 0 Å². The second kappa shape index (κ2) is 3.37. The SMILES string of the molecule is Cc1nccn1CC12CC3CC(CC(C3)C1)C2. The van der Waals surface area contributed by atoms with Gasteiger partial charge in [-0.05, 0) is 68.6 Å². The molecule has 4 saturated carbocycles. The first-order chi connectivity index (χ1) is 8.22. The topological polar surface area (TPSA) is 17.8 Å². The van der Waals surface area contributed by atoms with Crippen molar-refractivity contribution < 1.29 is 0 Å². The van der Waals surface area contributed by atoms with Gasteiger partial charge in [-0.1, -0.05) is 0 Å². The van der Waals surface area contributed by atoms with Crippen molar-refractivity contribution in [3.8, 4) is 0 Å². The number of aryl methyl sites for hydroxylation is 1. The Balaban J connectivity index is 1.62. The Labute approximate surface area is 103 Å². The Bertz CT molecular complexity index is 397. The molecule has 1 aromatic heterocycles. The third-order valence-corrected chi connectivity index (χ3v) is 5.59. The molecular weight excluding hydrogens is 208 g/mol. The molecule has 0 unspecified atom stereocenters. The van der Waals surface area contributed by atoms with Gasteiger partial charge in [0, 0.05) is 18.9 Å². The molecule has 92 valence electrons. The van der Waals surface area contributed by atoms with Gasteiger partial charge >= 0.3 is 0 Å². The highest BCUT2D eigenvalue weighted by Crippen LogP contribution is 2.60. The van der Waals surface area contributed by atoms with E-state index in [1.54, 1.807) is 19.3 Å². The van der Waals surface area contributed by atoms with Crippen LogP contribution in [0.2, 0.25) is 0 Å². The number of aromatic nitrogens is 2. The van der Waals surface area contributed by atoms with Gasteiger partial charge < -0.3 is 4.57 Å². The summed E-state index contributed by atoms with van der Waals surface area (Å²) in [5.74, 6) is 4.38. The van der Waals surface area contributed by atoms with E-state index in [1.165, 1.54) is 31.6 Å². The predicted octanol–water partition coefficient (Wildman–Crippen LogP) is 3.41. The van der Waals surface area contributed by atoms with Crippen molar-refractivity contribution in [2.45, 2.75) is 52.0 Å². The van der Waals surface area contributed by atoms with Crippen LogP contribution in [-0.2, 0) is 6.54 Å². The van der Waals surface area contributed by atoms with E-state index >= 15 is 0 Å². The molecule has 0 aromatic carbocycles. The molecule has 4 aliphatic carbocycles. The number of hydrogen-bond acceptors (Lipinski definition) is 1. The zero-order chi connectivity index (χ0) is 11.5. The third kappa shape index (κ3) is 1.56. The average Bonchev–Trinajstić information content (AvgIpc) is 2.61. The molecule has 5 rings (SSSR count). The highest BCUT2D eigenvalue weighted by molar-refractivity contribution is 5.03. The lowest BCUT2D eigenvalue weighted by atomic mass is 9.49. The Morgan fingerprint density at radius 2 is 1.76 bits per heavy atom. The average molecular weight is 230 g/mol. The minimum atomic E-state index is 0.639. The summed E-state index contributed by atoms with van der Waals surface area (Å²) in [5, 5.41) is 0. The molecule has 0 N–H and O–H groups in total. The molecule has 4 aliphatic rings. The van der Waals surface area contributed by atoms with Crippen LogP contribution in [0.4, 0.5) is 0 Å². The summed E-state index contributed by atoms with van der Waals surface area (Å²) in [4.78, 5) is 4.38. The fourth-order valence-corrected chi connectivity index (χ4v) is 5.42. The lowest BCUT2D eigenvalue weighted by Crippen LogP contribution is -2.47. The number of rotatable bonds is 2. The summed E-state index contributed by atoms with van der Waals surface area (Å²) in [5.41, 5.74) is 0.639. The Morgan fingerprint density at radius 1 is 1.18 bits per heavy atom. The molecule has 0 atom stereocenters. The van der Waals surface area contributed by atoms with E-state index in [1.807, 2.05) is 6.20 Å². The predicted molar refractivity (Wildman–Crippen MR) is 67.6 cm³/mol. The second-order valence-corrected chi connectivity index (χ2v) is 7.02. The molecule has 0 aliphatic heterocycles. The molecule has 1 heterocycles. The van der Waals surface area contributed by atoms with Gasteiger partial charge in [-0.25, -0.2) is 4.98 Å². The van der Waals surface area contributed by atoms with Crippen LogP contribution in [0.3, 0.4) is 0 Å². The van der Waals surface area contributed by atoms with Gasteiger partial charge in [-0.3, -0.25) is 0 Å². The van der Waals surface area contributed by atoms with E-state index in [9.17, 15) is 0 Å². The van der Waals surface area contributed by atoms with Crippen molar-refractivity contribution in [2.24, 2.45) is 23.2 Å². The molecular formula is C15H22N2. The molecule has 2 heteroatoms. The summed E-state index contributed by atoms with van der Waals surface area (Å²) in [6.45, 7) is 3.38. The molecule has 4 bridgehead atoms. The van der Waals surface area contributed by atoms with Crippen LogP contribution in [0.5, 0.6) is 0 Å². The molecule has 0 amide bonds. The van der Waals surface area contributed by atoms with Gasteiger partial charge in [0.05, 0.1) is 0 Å². The van der Waals surface area contributed by atoms with Crippen LogP contribution < -0.4 is 0 Å². The van der Waals surface area contributed by atoms with Crippen LogP contribution in [0, 0.1) is 30.1 Å². The fraction of sp³-hybridized carbons (Fsp3) is 0.800. The highest BCUT2D eigenvalue weighted by Gasteiger charge is 2.50. The van der Waals surface area contributed by atoms with E-state index in [-0.39, 0.29) is 0 Å². The minimum absolute atomic E-state index is 0.639. The monoisotopic (exact) mass is 230 g/mol. The standard InChI is InChI=1S/C15H22N2/c1-11-16-2-3-17(11)10-15-7-12-4-13(8-15)6-14(5-12)9-15/h2-3,12-14H,4-10H2,1H3. The quantitative estimate of drug-likeness (QED) is 0.761. The first-order valence-corrected chi connectivity index (χ1v) is 7.20. The third-order valence-electron chi connectivity index (χ3n) is 5.59. The molecule has 1 aromatic rings. The smallest absolute Gasteiger partial charge is 0.105 e. The maximum Gasteiger partial charge on any atom is 0.105 e. The van der Waals surface area contributed by atoms with E-state index in [4.69, 9.17) is 0 Å². The van der Waals surface area contributed by atoms with Crippen LogP contribution in [-0.4, -0.2) is 9.55 Å². The van der Waals surface area contributed by atoms with E-state index in [2.05, 4.69) is 22.7 Å². The number of hydrogen-bond donors (Lipinski definition) is 0. The van der Waals surface area contributed by atoms with Crippen molar-refractivity contribution in [2.75, 3.05) is 0 Å². The molecule has 17 heavy (non-hydrogen) atoms. The Morgan fingerprint density at radius 3 is 2.24 bits per heavy atom. The van der Waals surface area contributed by atoms with Crippen LogP contribution in [0.25, 0.3) is 0 Å². The first-order valence-electron chi connectivity index (χ1n) is 7.20. The summed E-state index contributed by atoms with van der Waals surface area (Å²) in [7, 11) is 0. The number of imidazole rings is 1. The zero-order valence-electron chi connectivity index (χ0n) is 10.7. The minimum Gasteiger partial charge on any atom is -0.335 e. The fourth-order valence-electron chi connectivity index (χ4n) is 5.42. The molecule has 0 saturated heterocycles. The lowest BCUT2D eigenvalue weighted by molar-refractivity contribution is -0.0621. The molecule has 0 spiro atoms. The van der Waals surface area contributed by atoms with E-state index in [0.29, 0.717) is 5.41 Å². The summed E-state index contributed by atoms with van der Waals surface area (Å²) < 4.78 is 2.40. The molecule has 2 nitrogen and oxygen atoms in total. The van der Waals surface area contributed by atoms with Crippen LogP contribution >= 0.6 is 0 Å². The first kappa shape index (κ1) is 10.2. The van der Waals surface area contributed by atoms with Crippen molar-refractivity contribution in [3.63, 3.8) is 0 Å². The van der Waals surface area contributed by atoms with Crippen molar-refractivity contribution in [1.29, 1.82) is 0 Å². The summed E-state index contributed by atoms with van der Waals surface area (Å²) >= 11 is 0. The Hall–Kier alpha value is -0.790.